The molecular formula is C11H16BrN3S. The quantitative estimate of drug-likeness (QED) is 0.475. The van der Waals surface area contributed by atoms with E-state index in [1.54, 1.807) is 18.1 Å². The average molecular weight is 302 g/mol. The smallest absolute Gasteiger partial charge is 0.133 e. The van der Waals surface area contributed by atoms with Crippen molar-refractivity contribution in [2.45, 2.75) is 30.3 Å². The predicted molar refractivity (Wildman–Crippen MR) is 72.6 cm³/mol. The molecule has 2 rings (SSSR count). The van der Waals surface area contributed by atoms with Gasteiger partial charge in [-0.15, -0.1) is 11.8 Å². The van der Waals surface area contributed by atoms with Crippen LogP contribution in [0.2, 0.25) is 0 Å². The molecule has 0 saturated heterocycles. The molecule has 0 aliphatic heterocycles. The first kappa shape index (κ1) is 12.2. The first-order valence-electron chi connectivity index (χ1n) is 5.54. The van der Waals surface area contributed by atoms with Crippen molar-refractivity contribution < 1.29 is 0 Å². The van der Waals surface area contributed by atoms with Crippen LogP contribution in [0.5, 0.6) is 0 Å². The Kier molecular flexibility index (Phi) is 4.46. The van der Waals surface area contributed by atoms with Gasteiger partial charge in [0.05, 0.1) is 0 Å². The fourth-order valence-electron chi connectivity index (χ4n) is 1.87. The Morgan fingerprint density at radius 2 is 2.31 bits per heavy atom. The SMILES string of the molecule is CSc1cc(N(CCBr)C2CCC2)ncn1. The normalized spacial score (nSPS) is 15.9. The lowest BCUT2D eigenvalue weighted by Gasteiger charge is -2.38. The predicted octanol–water partition coefficient (Wildman–Crippen LogP) is 2.95. The summed E-state index contributed by atoms with van der Waals surface area (Å²) in [7, 11) is 0. The van der Waals surface area contributed by atoms with Crippen LogP contribution in [0, 0.1) is 0 Å². The lowest BCUT2D eigenvalue weighted by atomic mass is 9.91. The van der Waals surface area contributed by atoms with E-state index in [0.717, 1.165) is 22.7 Å². The third-order valence-electron chi connectivity index (χ3n) is 2.97. The Morgan fingerprint density at radius 1 is 1.50 bits per heavy atom. The molecule has 1 aliphatic rings. The minimum atomic E-state index is 0.683. The van der Waals surface area contributed by atoms with E-state index in [2.05, 4.69) is 36.9 Å². The first-order chi connectivity index (χ1) is 7.85. The summed E-state index contributed by atoms with van der Waals surface area (Å²) in [4.78, 5) is 11.0. The molecule has 0 aromatic carbocycles. The second-order valence-corrected chi connectivity index (χ2v) is 5.51. The summed E-state index contributed by atoms with van der Waals surface area (Å²) in [6.45, 7) is 1.02. The number of hydrogen-bond acceptors (Lipinski definition) is 4. The van der Waals surface area contributed by atoms with Crippen LogP contribution in [-0.2, 0) is 0 Å². The molecule has 16 heavy (non-hydrogen) atoms. The molecule has 0 amide bonds. The van der Waals surface area contributed by atoms with E-state index in [1.165, 1.54) is 19.3 Å². The Bertz CT molecular complexity index is 344. The number of rotatable bonds is 5. The van der Waals surface area contributed by atoms with Crippen molar-refractivity contribution in [2.75, 3.05) is 23.0 Å². The van der Waals surface area contributed by atoms with Crippen LogP contribution in [0.3, 0.4) is 0 Å². The van der Waals surface area contributed by atoms with Crippen molar-refractivity contribution in [3.05, 3.63) is 12.4 Å². The van der Waals surface area contributed by atoms with Crippen LogP contribution in [0.1, 0.15) is 19.3 Å². The molecule has 0 unspecified atom stereocenters. The second kappa shape index (κ2) is 5.87. The Morgan fingerprint density at radius 3 is 2.88 bits per heavy atom. The molecule has 1 aliphatic carbocycles. The Hall–Kier alpha value is -0.290. The molecule has 1 saturated carbocycles. The molecule has 0 atom stereocenters. The summed E-state index contributed by atoms with van der Waals surface area (Å²) in [5.41, 5.74) is 0. The average Bonchev–Trinajstić information content (AvgIpc) is 2.26. The maximum absolute atomic E-state index is 4.39. The highest BCUT2D eigenvalue weighted by atomic mass is 79.9. The van der Waals surface area contributed by atoms with Crippen LogP contribution in [-0.4, -0.2) is 34.1 Å². The minimum Gasteiger partial charge on any atom is -0.353 e. The fourth-order valence-corrected chi connectivity index (χ4v) is 2.63. The zero-order valence-electron chi connectivity index (χ0n) is 9.40. The molecule has 3 nitrogen and oxygen atoms in total. The maximum Gasteiger partial charge on any atom is 0.133 e. The van der Waals surface area contributed by atoms with Gasteiger partial charge in [0.1, 0.15) is 17.2 Å². The van der Waals surface area contributed by atoms with Gasteiger partial charge in [0.2, 0.25) is 0 Å². The van der Waals surface area contributed by atoms with E-state index in [4.69, 9.17) is 0 Å². The van der Waals surface area contributed by atoms with Crippen LogP contribution < -0.4 is 4.90 Å². The molecule has 1 aromatic rings. The Labute approximate surface area is 109 Å². The molecule has 1 fully saturated rings. The lowest BCUT2D eigenvalue weighted by molar-refractivity contribution is 0.389. The van der Waals surface area contributed by atoms with E-state index in [9.17, 15) is 0 Å². The Balaban J connectivity index is 2.16. The molecule has 0 N–H and O–H groups in total. The van der Waals surface area contributed by atoms with Crippen molar-refractivity contribution in [1.82, 2.24) is 9.97 Å². The molecule has 1 heterocycles. The molecule has 0 radical (unpaired) electrons. The van der Waals surface area contributed by atoms with Crippen molar-refractivity contribution in [3.8, 4) is 0 Å². The van der Waals surface area contributed by atoms with Gasteiger partial charge in [0.25, 0.3) is 0 Å². The van der Waals surface area contributed by atoms with E-state index >= 15 is 0 Å². The van der Waals surface area contributed by atoms with E-state index in [1.807, 2.05) is 6.26 Å². The minimum absolute atomic E-state index is 0.683. The number of hydrogen-bond donors (Lipinski definition) is 0. The number of thioether (sulfide) groups is 1. The summed E-state index contributed by atoms with van der Waals surface area (Å²) < 4.78 is 0. The largest absolute Gasteiger partial charge is 0.353 e. The van der Waals surface area contributed by atoms with Crippen LogP contribution in [0.4, 0.5) is 5.82 Å². The highest BCUT2D eigenvalue weighted by Gasteiger charge is 2.25. The topological polar surface area (TPSA) is 29.0 Å². The van der Waals surface area contributed by atoms with E-state index < -0.39 is 0 Å². The maximum atomic E-state index is 4.39. The molecular weight excluding hydrogens is 286 g/mol. The van der Waals surface area contributed by atoms with Crippen molar-refractivity contribution in [1.29, 1.82) is 0 Å². The van der Waals surface area contributed by atoms with Crippen molar-refractivity contribution >= 4 is 33.5 Å². The van der Waals surface area contributed by atoms with E-state index in [0.29, 0.717) is 6.04 Å². The third kappa shape index (κ3) is 2.69. The fraction of sp³-hybridized carbons (Fsp3) is 0.636. The molecule has 1 aromatic heterocycles. The highest BCUT2D eigenvalue weighted by molar-refractivity contribution is 9.09. The summed E-state index contributed by atoms with van der Waals surface area (Å²) >= 11 is 5.18. The summed E-state index contributed by atoms with van der Waals surface area (Å²) in [6, 6.07) is 2.77. The number of alkyl halides is 1. The number of aromatic nitrogens is 2. The summed E-state index contributed by atoms with van der Waals surface area (Å²) in [6.07, 6.45) is 7.66. The molecule has 0 bridgehead atoms. The zero-order chi connectivity index (χ0) is 11.4. The van der Waals surface area contributed by atoms with Gasteiger partial charge in [-0.2, -0.15) is 0 Å². The van der Waals surface area contributed by atoms with E-state index in [-0.39, 0.29) is 0 Å². The van der Waals surface area contributed by atoms with Gasteiger partial charge in [-0.05, 0) is 25.5 Å². The van der Waals surface area contributed by atoms with Crippen molar-refractivity contribution in [3.63, 3.8) is 0 Å². The van der Waals surface area contributed by atoms with Gasteiger partial charge >= 0.3 is 0 Å². The standard InChI is InChI=1S/C11H16BrN3S/c1-16-11-7-10(13-8-14-11)15(6-5-12)9-3-2-4-9/h7-9H,2-6H2,1H3. The zero-order valence-corrected chi connectivity index (χ0v) is 11.8. The number of anilines is 1. The van der Waals surface area contributed by atoms with Crippen LogP contribution in [0.15, 0.2) is 17.4 Å². The van der Waals surface area contributed by atoms with Gasteiger partial charge in [-0.3, -0.25) is 0 Å². The first-order valence-corrected chi connectivity index (χ1v) is 7.88. The second-order valence-electron chi connectivity index (χ2n) is 3.89. The summed E-state index contributed by atoms with van der Waals surface area (Å²) in [5, 5.41) is 2.03. The van der Waals surface area contributed by atoms with Gasteiger partial charge in [0, 0.05) is 24.0 Å². The number of halogens is 1. The van der Waals surface area contributed by atoms with Gasteiger partial charge in [-0.1, -0.05) is 15.9 Å². The molecule has 88 valence electrons. The van der Waals surface area contributed by atoms with Crippen LogP contribution in [0.25, 0.3) is 0 Å². The third-order valence-corrected chi connectivity index (χ3v) is 3.97. The monoisotopic (exact) mass is 301 g/mol. The summed E-state index contributed by atoms with van der Waals surface area (Å²) in [5.74, 6) is 1.07. The lowest BCUT2D eigenvalue weighted by Crippen LogP contribution is -2.41. The van der Waals surface area contributed by atoms with Gasteiger partial charge in [-0.25, -0.2) is 9.97 Å². The van der Waals surface area contributed by atoms with Gasteiger partial charge < -0.3 is 4.90 Å². The molecule has 5 heteroatoms. The van der Waals surface area contributed by atoms with Gasteiger partial charge in [0.15, 0.2) is 0 Å². The van der Waals surface area contributed by atoms with Crippen LogP contribution >= 0.6 is 27.7 Å². The number of nitrogens with zero attached hydrogens (tertiary/aromatic N) is 3. The van der Waals surface area contributed by atoms with Crippen molar-refractivity contribution in [2.24, 2.45) is 0 Å². The molecule has 0 spiro atoms. The highest BCUT2D eigenvalue weighted by Crippen LogP contribution is 2.29.